The summed E-state index contributed by atoms with van der Waals surface area (Å²) < 4.78 is 0. The fourth-order valence-corrected chi connectivity index (χ4v) is 6.51. The quantitative estimate of drug-likeness (QED) is 0.392. The van der Waals surface area contributed by atoms with Gasteiger partial charge in [0.1, 0.15) is 0 Å². The van der Waals surface area contributed by atoms with Crippen molar-refractivity contribution in [1.29, 1.82) is 0 Å². The van der Waals surface area contributed by atoms with Crippen LogP contribution in [0, 0.1) is 11.8 Å². The highest BCUT2D eigenvalue weighted by Gasteiger charge is 2.37. The lowest BCUT2D eigenvalue weighted by molar-refractivity contribution is -0.139. The molecule has 1 aromatic heterocycles. The molecule has 39 heavy (non-hydrogen) atoms. The molecule has 1 unspecified atom stereocenters. The first-order chi connectivity index (χ1) is 18.8. The normalized spacial score (nSPS) is 20.0. The number of hydrogen-bond donors (Lipinski definition) is 0. The van der Waals surface area contributed by atoms with Crippen LogP contribution >= 0.6 is 11.6 Å². The predicted molar refractivity (Wildman–Crippen MR) is 157 cm³/mol. The highest BCUT2D eigenvalue weighted by atomic mass is 35.5. The summed E-state index contributed by atoms with van der Waals surface area (Å²) in [6, 6.07) is 16.9. The number of benzene rings is 2. The molecule has 6 nitrogen and oxygen atoms in total. The zero-order valence-electron chi connectivity index (χ0n) is 23.2. The van der Waals surface area contributed by atoms with E-state index in [4.69, 9.17) is 11.6 Å². The molecule has 3 heterocycles. The van der Waals surface area contributed by atoms with Crippen LogP contribution < -0.4 is 0 Å². The molecule has 0 aliphatic carbocycles. The number of amides is 2. The van der Waals surface area contributed by atoms with Gasteiger partial charge in [0.2, 0.25) is 11.8 Å². The lowest BCUT2D eigenvalue weighted by Crippen LogP contribution is -2.58. The number of piperidine rings is 1. The fourth-order valence-electron chi connectivity index (χ4n) is 6.38. The van der Waals surface area contributed by atoms with Crippen LogP contribution in [0.3, 0.4) is 0 Å². The van der Waals surface area contributed by atoms with Crippen molar-refractivity contribution in [3.05, 3.63) is 77.1 Å². The van der Waals surface area contributed by atoms with E-state index in [0.29, 0.717) is 24.8 Å². The van der Waals surface area contributed by atoms with Gasteiger partial charge < -0.3 is 9.80 Å². The van der Waals surface area contributed by atoms with Gasteiger partial charge >= 0.3 is 0 Å². The SMILES string of the molecule is CC(=O)N1CCC(CC(=O)N2CCN(C(c3ccc(Cl)cc3)c3cccc4cnccc34)C[C@@H]2C(C)C)CC1. The average Bonchev–Trinajstić information content (AvgIpc) is 2.94. The lowest BCUT2D eigenvalue weighted by atomic mass is 9.89. The van der Waals surface area contributed by atoms with Crippen LogP contribution in [0.25, 0.3) is 10.8 Å². The third-order valence-electron chi connectivity index (χ3n) is 8.62. The third-order valence-corrected chi connectivity index (χ3v) is 8.87. The molecular formula is C32H39ClN4O2. The summed E-state index contributed by atoms with van der Waals surface area (Å²) in [5, 5.41) is 3.05. The molecule has 2 fully saturated rings. The van der Waals surface area contributed by atoms with Crippen LogP contribution in [0.15, 0.2) is 60.9 Å². The number of halogens is 1. The van der Waals surface area contributed by atoms with Crippen molar-refractivity contribution in [2.75, 3.05) is 32.7 Å². The number of aromatic nitrogens is 1. The Kier molecular flexibility index (Phi) is 8.53. The first-order valence-corrected chi connectivity index (χ1v) is 14.6. The van der Waals surface area contributed by atoms with Gasteiger partial charge in [-0.1, -0.05) is 55.8 Å². The van der Waals surface area contributed by atoms with E-state index < -0.39 is 0 Å². The zero-order valence-corrected chi connectivity index (χ0v) is 24.0. The van der Waals surface area contributed by atoms with E-state index in [-0.39, 0.29) is 23.9 Å². The van der Waals surface area contributed by atoms with Crippen molar-refractivity contribution in [2.24, 2.45) is 11.8 Å². The molecule has 0 spiro atoms. The number of nitrogens with zero attached hydrogens (tertiary/aromatic N) is 4. The number of fused-ring (bicyclic) bond motifs is 1. The standard InChI is InChI=1S/C32H39ClN4O2/c1-22(2)30-21-36(17-18-37(30)31(39)19-24-12-15-35(16-13-24)23(3)38)32(25-7-9-27(33)10-8-25)29-6-4-5-26-20-34-14-11-28(26)29/h4-11,14,20,22,24,30,32H,12-13,15-19,21H2,1-3H3/t30-,32?/m1/s1. The van der Waals surface area contributed by atoms with Gasteiger partial charge in [0.05, 0.1) is 6.04 Å². The van der Waals surface area contributed by atoms with Gasteiger partial charge in [-0.3, -0.25) is 19.5 Å². The Hall–Kier alpha value is -2.96. The summed E-state index contributed by atoms with van der Waals surface area (Å²) in [6.07, 6.45) is 6.18. The smallest absolute Gasteiger partial charge is 0.223 e. The summed E-state index contributed by atoms with van der Waals surface area (Å²) in [6.45, 7) is 9.92. The fraction of sp³-hybridized carbons (Fsp3) is 0.469. The zero-order chi connectivity index (χ0) is 27.5. The van der Waals surface area contributed by atoms with E-state index in [1.165, 1.54) is 16.5 Å². The summed E-state index contributed by atoms with van der Waals surface area (Å²) in [5.74, 6) is 1.08. The van der Waals surface area contributed by atoms with Gasteiger partial charge in [-0.2, -0.15) is 0 Å². The second-order valence-electron chi connectivity index (χ2n) is 11.4. The van der Waals surface area contributed by atoms with Crippen molar-refractivity contribution in [1.82, 2.24) is 19.7 Å². The second kappa shape index (κ2) is 12.1. The molecule has 0 radical (unpaired) electrons. The Balaban J connectivity index is 1.39. The molecule has 3 aromatic rings. The van der Waals surface area contributed by atoms with Gasteiger partial charge in [0, 0.05) is 74.9 Å². The molecule has 2 amide bonds. The topological polar surface area (TPSA) is 56.8 Å². The maximum atomic E-state index is 13.6. The van der Waals surface area contributed by atoms with Crippen molar-refractivity contribution >= 4 is 34.2 Å². The summed E-state index contributed by atoms with van der Waals surface area (Å²) in [4.78, 5) is 36.3. The molecule has 0 N–H and O–H groups in total. The van der Waals surface area contributed by atoms with Crippen LogP contribution in [0.5, 0.6) is 0 Å². The molecule has 2 aliphatic heterocycles. The Morgan fingerprint density at radius 1 is 1.00 bits per heavy atom. The van der Waals surface area contributed by atoms with Gasteiger partial charge in [0.15, 0.2) is 0 Å². The number of hydrogen-bond acceptors (Lipinski definition) is 4. The van der Waals surface area contributed by atoms with Gasteiger partial charge in [-0.05, 0) is 59.4 Å². The van der Waals surface area contributed by atoms with Crippen LogP contribution in [0.4, 0.5) is 0 Å². The van der Waals surface area contributed by atoms with Crippen LogP contribution in [-0.4, -0.2) is 70.3 Å². The van der Waals surface area contributed by atoms with Crippen LogP contribution in [0.1, 0.15) is 57.2 Å². The highest BCUT2D eigenvalue weighted by Crippen LogP contribution is 2.36. The van der Waals surface area contributed by atoms with Gasteiger partial charge in [-0.15, -0.1) is 0 Å². The monoisotopic (exact) mass is 546 g/mol. The number of rotatable bonds is 6. The van der Waals surface area contributed by atoms with E-state index in [0.717, 1.165) is 49.4 Å². The molecule has 2 aliphatic rings. The van der Waals surface area contributed by atoms with E-state index in [2.05, 4.69) is 65.0 Å². The second-order valence-corrected chi connectivity index (χ2v) is 11.9. The van der Waals surface area contributed by atoms with E-state index in [9.17, 15) is 9.59 Å². The maximum absolute atomic E-state index is 13.6. The van der Waals surface area contributed by atoms with Crippen molar-refractivity contribution < 1.29 is 9.59 Å². The first kappa shape index (κ1) is 27.6. The number of piperazine rings is 1. The largest absolute Gasteiger partial charge is 0.343 e. The number of pyridine rings is 1. The minimum absolute atomic E-state index is 0.0442. The maximum Gasteiger partial charge on any atom is 0.223 e. The Bertz CT molecular complexity index is 1300. The lowest BCUT2D eigenvalue weighted by Gasteiger charge is -2.47. The Morgan fingerprint density at radius 2 is 1.74 bits per heavy atom. The van der Waals surface area contributed by atoms with E-state index in [1.54, 1.807) is 6.92 Å². The van der Waals surface area contributed by atoms with Gasteiger partial charge in [-0.25, -0.2) is 0 Å². The summed E-state index contributed by atoms with van der Waals surface area (Å²) in [7, 11) is 0. The number of likely N-dealkylation sites (tertiary alicyclic amines) is 1. The molecular weight excluding hydrogens is 508 g/mol. The summed E-state index contributed by atoms with van der Waals surface area (Å²) >= 11 is 6.28. The minimum Gasteiger partial charge on any atom is -0.343 e. The molecule has 0 bridgehead atoms. The van der Waals surface area contributed by atoms with Crippen molar-refractivity contribution in [3.63, 3.8) is 0 Å². The average molecular weight is 547 g/mol. The van der Waals surface area contributed by atoms with Gasteiger partial charge in [0.25, 0.3) is 0 Å². The minimum atomic E-state index is 0.0442. The Morgan fingerprint density at radius 3 is 2.44 bits per heavy atom. The first-order valence-electron chi connectivity index (χ1n) is 14.2. The Labute approximate surface area is 236 Å². The van der Waals surface area contributed by atoms with Crippen LogP contribution in [-0.2, 0) is 9.59 Å². The van der Waals surface area contributed by atoms with Crippen molar-refractivity contribution in [3.8, 4) is 0 Å². The van der Waals surface area contributed by atoms with Crippen LogP contribution in [0.2, 0.25) is 5.02 Å². The molecule has 2 aromatic carbocycles. The molecule has 7 heteroatoms. The van der Waals surface area contributed by atoms with E-state index >= 15 is 0 Å². The molecule has 206 valence electrons. The number of carbonyl (C=O) groups is 2. The molecule has 5 rings (SSSR count). The molecule has 2 saturated heterocycles. The molecule has 0 saturated carbocycles. The van der Waals surface area contributed by atoms with Crippen molar-refractivity contribution in [2.45, 2.75) is 52.1 Å². The predicted octanol–water partition coefficient (Wildman–Crippen LogP) is 5.80. The number of carbonyl (C=O) groups excluding carboxylic acids is 2. The molecule has 2 atom stereocenters. The third kappa shape index (κ3) is 6.12. The van der Waals surface area contributed by atoms with E-state index in [1.807, 2.05) is 29.4 Å². The summed E-state index contributed by atoms with van der Waals surface area (Å²) in [5.41, 5.74) is 2.44. The highest BCUT2D eigenvalue weighted by molar-refractivity contribution is 6.30.